The lowest BCUT2D eigenvalue weighted by Gasteiger charge is -2.43. The second kappa shape index (κ2) is 9.57. The van der Waals surface area contributed by atoms with Crippen molar-refractivity contribution >= 4 is 18.0 Å². The van der Waals surface area contributed by atoms with Crippen LogP contribution in [-0.4, -0.2) is 47.4 Å². The maximum Gasteiger partial charge on any atom is 0.122 e. The molecule has 0 bridgehead atoms. The third kappa shape index (κ3) is 4.82. The first-order valence-corrected chi connectivity index (χ1v) is 12.3. The van der Waals surface area contributed by atoms with Gasteiger partial charge >= 0.3 is 0 Å². The van der Waals surface area contributed by atoms with E-state index in [1.54, 1.807) is 19.3 Å². The average Bonchev–Trinajstić information content (AvgIpc) is 2.76. The van der Waals surface area contributed by atoms with Gasteiger partial charge in [0.15, 0.2) is 0 Å². The maximum atomic E-state index is 14.4. The fourth-order valence-corrected chi connectivity index (χ4v) is 6.08. The Kier molecular flexibility index (Phi) is 7.01. The minimum absolute atomic E-state index is 0.109. The van der Waals surface area contributed by atoms with E-state index in [2.05, 4.69) is 47.5 Å². The number of halogens is 1. The molecule has 31 heavy (non-hydrogen) atoms. The summed E-state index contributed by atoms with van der Waals surface area (Å²) in [6, 6.07) is 2.54. The SMILES string of the molecule is CCSN1CCC(NC2(C)CC(C3=CC(F)=CC(OC)C3C)=Cc3ccncc32)CC1. The van der Waals surface area contributed by atoms with Crippen molar-refractivity contribution in [3.05, 3.63) is 58.7 Å². The van der Waals surface area contributed by atoms with E-state index in [4.69, 9.17) is 4.74 Å². The zero-order chi connectivity index (χ0) is 22.0. The number of fused-ring (bicyclic) bond motifs is 1. The summed E-state index contributed by atoms with van der Waals surface area (Å²) in [5.74, 6) is 1.03. The van der Waals surface area contributed by atoms with Crippen LogP contribution in [-0.2, 0) is 10.3 Å². The van der Waals surface area contributed by atoms with Crippen molar-refractivity contribution < 1.29 is 9.13 Å². The molecule has 3 unspecified atom stereocenters. The number of hydrogen-bond acceptors (Lipinski definition) is 5. The highest BCUT2D eigenvalue weighted by molar-refractivity contribution is 7.96. The molecule has 3 atom stereocenters. The van der Waals surface area contributed by atoms with Gasteiger partial charge in [0.25, 0.3) is 0 Å². The molecule has 1 fully saturated rings. The van der Waals surface area contributed by atoms with Crippen LogP contribution in [0.5, 0.6) is 0 Å². The summed E-state index contributed by atoms with van der Waals surface area (Å²) in [5, 5.41) is 3.99. The van der Waals surface area contributed by atoms with Crippen molar-refractivity contribution in [2.24, 2.45) is 5.92 Å². The van der Waals surface area contributed by atoms with E-state index in [0.717, 1.165) is 43.7 Å². The van der Waals surface area contributed by atoms with Crippen LogP contribution in [0.2, 0.25) is 0 Å². The molecular weight excluding hydrogens is 409 g/mol. The Hall–Kier alpha value is -1.47. The van der Waals surface area contributed by atoms with Crippen LogP contribution < -0.4 is 5.32 Å². The highest BCUT2D eigenvalue weighted by atomic mass is 32.2. The number of rotatable bonds is 6. The zero-order valence-corrected chi connectivity index (χ0v) is 19.8. The van der Waals surface area contributed by atoms with Crippen LogP contribution in [0.15, 0.2) is 47.6 Å². The molecule has 4 nitrogen and oxygen atoms in total. The van der Waals surface area contributed by atoms with Crippen molar-refractivity contribution in [3.63, 3.8) is 0 Å². The van der Waals surface area contributed by atoms with Crippen LogP contribution in [0.3, 0.4) is 0 Å². The maximum absolute atomic E-state index is 14.4. The van der Waals surface area contributed by atoms with Crippen molar-refractivity contribution in [2.75, 3.05) is 26.0 Å². The monoisotopic (exact) mass is 443 g/mol. The fourth-order valence-electron chi connectivity index (χ4n) is 5.25. The van der Waals surface area contributed by atoms with E-state index in [9.17, 15) is 4.39 Å². The van der Waals surface area contributed by atoms with Gasteiger partial charge in [0.2, 0.25) is 0 Å². The summed E-state index contributed by atoms with van der Waals surface area (Å²) >= 11 is 1.94. The topological polar surface area (TPSA) is 37.4 Å². The molecule has 2 aliphatic carbocycles. The number of pyridine rings is 1. The number of aromatic nitrogens is 1. The second-order valence-electron chi connectivity index (χ2n) is 9.05. The molecule has 0 aromatic carbocycles. The molecule has 168 valence electrons. The highest BCUT2D eigenvalue weighted by Crippen LogP contribution is 2.43. The molecule has 1 aromatic rings. The van der Waals surface area contributed by atoms with Crippen LogP contribution in [0.1, 0.15) is 51.2 Å². The Morgan fingerprint density at radius 3 is 2.81 bits per heavy atom. The molecule has 0 radical (unpaired) electrons. The number of methoxy groups -OCH3 is 1. The van der Waals surface area contributed by atoms with Crippen molar-refractivity contribution in [2.45, 2.75) is 57.7 Å². The molecule has 1 N–H and O–H groups in total. The number of piperidine rings is 1. The second-order valence-corrected chi connectivity index (χ2v) is 10.4. The van der Waals surface area contributed by atoms with Gasteiger partial charge in [-0.3, -0.25) is 9.29 Å². The van der Waals surface area contributed by atoms with Crippen molar-refractivity contribution in [3.8, 4) is 0 Å². The number of nitrogens with one attached hydrogen (secondary N) is 1. The van der Waals surface area contributed by atoms with E-state index >= 15 is 0 Å². The largest absolute Gasteiger partial charge is 0.377 e. The molecular formula is C25H34FN3OS. The summed E-state index contributed by atoms with van der Waals surface area (Å²) < 4.78 is 22.4. The van der Waals surface area contributed by atoms with E-state index in [-0.39, 0.29) is 23.4 Å². The first-order valence-electron chi connectivity index (χ1n) is 11.4. The van der Waals surface area contributed by atoms with Crippen LogP contribution in [0, 0.1) is 5.92 Å². The normalized spacial score (nSPS) is 29.8. The van der Waals surface area contributed by atoms with Crippen molar-refractivity contribution in [1.29, 1.82) is 0 Å². The van der Waals surface area contributed by atoms with Crippen LogP contribution in [0.4, 0.5) is 4.39 Å². The minimum Gasteiger partial charge on any atom is -0.377 e. The molecule has 3 aliphatic rings. The van der Waals surface area contributed by atoms with E-state index in [1.165, 1.54) is 16.7 Å². The molecule has 6 heteroatoms. The number of nitrogens with zero attached hydrogens (tertiary/aromatic N) is 2. The molecule has 0 saturated carbocycles. The van der Waals surface area contributed by atoms with Gasteiger partial charge in [-0.1, -0.05) is 31.9 Å². The quantitative estimate of drug-likeness (QED) is 0.608. The van der Waals surface area contributed by atoms with E-state index in [0.29, 0.717) is 6.04 Å². The van der Waals surface area contributed by atoms with Gasteiger partial charge in [0.1, 0.15) is 5.83 Å². The smallest absolute Gasteiger partial charge is 0.122 e. The number of hydrogen-bond donors (Lipinski definition) is 1. The molecule has 2 heterocycles. The van der Waals surface area contributed by atoms with Gasteiger partial charge in [-0.15, -0.1) is 0 Å². The molecule has 1 saturated heterocycles. The Morgan fingerprint density at radius 2 is 2.10 bits per heavy atom. The van der Waals surface area contributed by atoms with E-state index in [1.807, 2.05) is 24.3 Å². The Balaban J connectivity index is 1.60. The first-order chi connectivity index (χ1) is 14.9. The minimum atomic E-state index is -0.237. The average molecular weight is 444 g/mol. The van der Waals surface area contributed by atoms with Crippen molar-refractivity contribution in [1.82, 2.24) is 14.6 Å². The van der Waals surface area contributed by atoms with Crippen LogP contribution in [0.25, 0.3) is 6.08 Å². The number of allylic oxidation sites excluding steroid dienone is 2. The highest BCUT2D eigenvalue weighted by Gasteiger charge is 2.38. The first kappa shape index (κ1) is 22.7. The van der Waals surface area contributed by atoms with Gasteiger partial charge < -0.3 is 10.1 Å². The lowest BCUT2D eigenvalue weighted by Crippen LogP contribution is -2.51. The predicted molar refractivity (Wildman–Crippen MR) is 127 cm³/mol. The van der Waals surface area contributed by atoms with Gasteiger partial charge in [0, 0.05) is 55.8 Å². The summed E-state index contributed by atoms with van der Waals surface area (Å²) in [6.45, 7) is 8.84. The molecule has 1 aromatic heterocycles. The third-order valence-electron chi connectivity index (χ3n) is 6.85. The Bertz CT molecular complexity index is 891. The lowest BCUT2D eigenvalue weighted by atomic mass is 9.73. The Morgan fingerprint density at radius 1 is 1.32 bits per heavy atom. The summed E-state index contributed by atoms with van der Waals surface area (Å²) in [5.41, 5.74) is 4.39. The molecule has 0 amide bonds. The predicted octanol–water partition coefficient (Wildman–Crippen LogP) is 5.25. The van der Waals surface area contributed by atoms with E-state index < -0.39 is 0 Å². The number of ether oxygens (including phenoxy) is 1. The third-order valence-corrected chi connectivity index (χ3v) is 7.84. The summed E-state index contributed by atoms with van der Waals surface area (Å²) in [4.78, 5) is 4.43. The summed E-state index contributed by atoms with van der Waals surface area (Å²) in [7, 11) is 1.65. The molecule has 4 rings (SSSR count). The molecule has 0 spiro atoms. The standard InChI is InChI=1S/C25H34FN3OS/c1-5-31-29-10-7-21(8-11-29)28-25(3)15-19(12-18-6-9-27-16-23(18)25)22-13-20(26)14-24(30-4)17(22)2/h6,9,12-14,16-17,21,24,28H,5,7-8,10-11,15H2,1-4H3. The fraction of sp³-hybridized carbons (Fsp3) is 0.560. The molecule has 1 aliphatic heterocycles. The van der Waals surface area contributed by atoms with Gasteiger partial charge in [0.05, 0.1) is 6.10 Å². The van der Waals surface area contributed by atoms with Gasteiger partial charge in [-0.05, 0) is 66.7 Å². The van der Waals surface area contributed by atoms with Crippen LogP contribution >= 0.6 is 11.9 Å². The van der Waals surface area contributed by atoms with Gasteiger partial charge in [-0.25, -0.2) is 4.39 Å². The Labute approximate surface area is 190 Å². The van der Waals surface area contributed by atoms with Gasteiger partial charge in [-0.2, -0.15) is 0 Å². The summed E-state index contributed by atoms with van der Waals surface area (Å²) in [6.07, 6.45) is 12.2. The zero-order valence-electron chi connectivity index (χ0n) is 19.0. The lowest BCUT2D eigenvalue weighted by molar-refractivity contribution is 0.106.